The highest BCUT2D eigenvalue weighted by Crippen LogP contribution is 2.34. The molecule has 1 aromatic heterocycles. The number of phenolic OH excluding ortho intramolecular Hbond substituents is 1. The van der Waals surface area contributed by atoms with Crippen LogP contribution in [0.1, 0.15) is 0 Å². The molecule has 0 unspecified atom stereocenters. The Morgan fingerprint density at radius 1 is 1.18 bits per heavy atom. The van der Waals surface area contributed by atoms with Gasteiger partial charge in [0.05, 0.1) is 10.6 Å². The number of hydrogen-bond acceptors (Lipinski definition) is 5. The van der Waals surface area contributed by atoms with Crippen LogP contribution < -0.4 is 4.74 Å². The smallest absolute Gasteiger partial charge is 0.504 e. The largest absolute Gasteiger partial charge is 0.573 e. The van der Waals surface area contributed by atoms with Crippen LogP contribution in [0.3, 0.4) is 0 Å². The van der Waals surface area contributed by atoms with E-state index in [1.807, 2.05) is 0 Å². The molecule has 118 valence electrons. The van der Waals surface area contributed by atoms with Crippen molar-refractivity contribution in [1.29, 1.82) is 0 Å². The van der Waals surface area contributed by atoms with E-state index in [1.165, 1.54) is 18.2 Å². The number of ether oxygens (including phenoxy) is 1. The molecule has 1 N–H and O–H groups in total. The number of pyridine rings is 1. The molecule has 0 aliphatic rings. The zero-order chi connectivity index (χ0) is 16.5. The number of halogens is 3. The van der Waals surface area contributed by atoms with Crippen molar-refractivity contribution in [1.82, 2.24) is 4.98 Å². The molecule has 0 aliphatic carbocycles. The summed E-state index contributed by atoms with van der Waals surface area (Å²) in [4.78, 5) is 3.87. The first-order valence-corrected chi connectivity index (χ1v) is 7.71. The number of phenols is 1. The summed E-state index contributed by atoms with van der Waals surface area (Å²) in [5.74, 6) is -1.44. The molecule has 0 radical (unpaired) electrons. The Kier molecular flexibility index (Phi) is 4.01. The summed E-state index contributed by atoms with van der Waals surface area (Å²) in [7, 11) is -3.42. The molecule has 0 atom stereocenters. The third-order valence-electron chi connectivity index (χ3n) is 2.65. The molecular formula is C13H10F3NO4S. The lowest BCUT2D eigenvalue weighted by Crippen LogP contribution is -2.17. The summed E-state index contributed by atoms with van der Waals surface area (Å²) in [5, 5.41) is 9.37. The van der Waals surface area contributed by atoms with Gasteiger partial charge in [-0.1, -0.05) is 0 Å². The van der Waals surface area contributed by atoms with Gasteiger partial charge in [-0.2, -0.15) is 0 Å². The number of nitrogens with zero attached hydrogens (tertiary/aromatic N) is 1. The maximum Gasteiger partial charge on any atom is 0.573 e. The van der Waals surface area contributed by atoms with Crippen molar-refractivity contribution in [2.24, 2.45) is 0 Å². The minimum Gasteiger partial charge on any atom is -0.504 e. The van der Waals surface area contributed by atoms with Gasteiger partial charge in [0.15, 0.2) is 21.3 Å². The lowest BCUT2D eigenvalue weighted by molar-refractivity contribution is -0.275. The fourth-order valence-corrected chi connectivity index (χ4v) is 2.21. The second-order valence-corrected chi connectivity index (χ2v) is 6.40. The van der Waals surface area contributed by atoms with Crippen molar-refractivity contribution >= 4 is 9.84 Å². The van der Waals surface area contributed by atoms with E-state index in [0.29, 0.717) is 0 Å². The van der Waals surface area contributed by atoms with Crippen LogP contribution in [-0.2, 0) is 9.84 Å². The maximum atomic E-state index is 12.2. The number of aromatic hydroxyl groups is 1. The first-order valence-electron chi connectivity index (χ1n) is 5.81. The van der Waals surface area contributed by atoms with Gasteiger partial charge in [-0.25, -0.2) is 8.42 Å². The van der Waals surface area contributed by atoms with Crippen LogP contribution in [0.2, 0.25) is 0 Å². The maximum absolute atomic E-state index is 12.2. The number of alkyl halides is 3. The van der Waals surface area contributed by atoms with E-state index in [1.54, 1.807) is 0 Å². The van der Waals surface area contributed by atoms with Gasteiger partial charge >= 0.3 is 6.36 Å². The molecule has 2 rings (SSSR count). The summed E-state index contributed by atoms with van der Waals surface area (Å²) in [6, 6.07) is 5.96. The minimum absolute atomic E-state index is 0.0122. The van der Waals surface area contributed by atoms with E-state index < -0.39 is 27.7 Å². The lowest BCUT2D eigenvalue weighted by atomic mass is 10.1. The average Bonchev–Trinajstić information content (AvgIpc) is 2.39. The minimum atomic E-state index is -4.94. The molecule has 0 aliphatic heterocycles. The van der Waals surface area contributed by atoms with Crippen LogP contribution in [-0.4, -0.2) is 31.1 Å². The number of sulfone groups is 1. The molecule has 22 heavy (non-hydrogen) atoms. The van der Waals surface area contributed by atoms with Crippen molar-refractivity contribution in [2.75, 3.05) is 6.26 Å². The van der Waals surface area contributed by atoms with E-state index in [4.69, 9.17) is 0 Å². The van der Waals surface area contributed by atoms with Crippen molar-refractivity contribution in [3.05, 3.63) is 36.5 Å². The normalized spacial score (nSPS) is 12.2. The SMILES string of the molecule is CS(=O)(=O)c1ccc(-c2ccc(O)c(OC(F)(F)F)c2)nc1. The van der Waals surface area contributed by atoms with Gasteiger partial charge in [0.25, 0.3) is 0 Å². The van der Waals surface area contributed by atoms with Crippen LogP contribution in [0.5, 0.6) is 11.5 Å². The van der Waals surface area contributed by atoms with Gasteiger partial charge < -0.3 is 9.84 Å². The molecule has 0 bridgehead atoms. The number of rotatable bonds is 3. The molecule has 2 aromatic rings. The molecule has 0 saturated heterocycles. The van der Waals surface area contributed by atoms with E-state index in [2.05, 4.69) is 9.72 Å². The van der Waals surface area contributed by atoms with Crippen LogP contribution in [0.25, 0.3) is 11.3 Å². The topological polar surface area (TPSA) is 76.5 Å². The average molecular weight is 333 g/mol. The summed E-state index contributed by atoms with van der Waals surface area (Å²) < 4.78 is 63.0. The number of benzene rings is 1. The van der Waals surface area contributed by atoms with E-state index in [0.717, 1.165) is 24.6 Å². The van der Waals surface area contributed by atoms with Crippen LogP contribution >= 0.6 is 0 Å². The van der Waals surface area contributed by atoms with Gasteiger partial charge in [0.1, 0.15) is 0 Å². The second-order valence-electron chi connectivity index (χ2n) is 4.38. The molecule has 0 spiro atoms. The first kappa shape index (κ1) is 16.1. The Morgan fingerprint density at radius 3 is 2.36 bits per heavy atom. The standard InChI is InChI=1S/C13H10F3NO4S/c1-22(19,20)9-3-4-10(17-7-9)8-2-5-11(18)12(6-8)21-13(14,15)16/h2-7,18H,1H3. The summed E-state index contributed by atoms with van der Waals surface area (Å²) in [5.41, 5.74) is 0.469. The van der Waals surface area contributed by atoms with Crippen LogP contribution in [0.4, 0.5) is 13.2 Å². The monoisotopic (exact) mass is 333 g/mol. The first-order chi connectivity index (χ1) is 10.1. The quantitative estimate of drug-likeness (QED) is 0.935. The van der Waals surface area contributed by atoms with Gasteiger partial charge in [0, 0.05) is 18.0 Å². The third kappa shape index (κ3) is 3.88. The molecule has 0 saturated carbocycles. The highest BCUT2D eigenvalue weighted by molar-refractivity contribution is 7.90. The highest BCUT2D eigenvalue weighted by Gasteiger charge is 2.32. The van der Waals surface area contributed by atoms with Crippen molar-refractivity contribution in [2.45, 2.75) is 11.3 Å². The molecular weight excluding hydrogens is 323 g/mol. The zero-order valence-electron chi connectivity index (χ0n) is 11.1. The van der Waals surface area contributed by atoms with Crippen LogP contribution in [0, 0.1) is 0 Å². The van der Waals surface area contributed by atoms with Crippen molar-refractivity contribution < 1.29 is 31.4 Å². The van der Waals surface area contributed by atoms with E-state index in [-0.39, 0.29) is 16.2 Å². The summed E-state index contributed by atoms with van der Waals surface area (Å²) in [6.45, 7) is 0. The van der Waals surface area contributed by atoms with E-state index >= 15 is 0 Å². The zero-order valence-corrected chi connectivity index (χ0v) is 11.9. The third-order valence-corrected chi connectivity index (χ3v) is 3.74. The van der Waals surface area contributed by atoms with Crippen LogP contribution in [0.15, 0.2) is 41.4 Å². The predicted octanol–water partition coefficient (Wildman–Crippen LogP) is 2.76. The molecule has 0 amide bonds. The Hall–Kier alpha value is -2.29. The Morgan fingerprint density at radius 2 is 1.86 bits per heavy atom. The summed E-state index contributed by atoms with van der Waals surface area (Å²) >= 11 is 0. The number of hydrogen-bond donors (Lipinski definition) is 1. The highest BCUT2D eigenvalue weighted by atomic mass is 32.2. The van der Waals surface area contributed by atoms with Crippen molar-refractivity contribution in [3.63, 3.8) is 0 Å². The fourth-order valence-electron chi connectivity index (χ4n) is 1.65. The summed E-state index contributed by atoms with van der Waals surface area (Å²) in [6.07, 6.45) is -2.83. The van der Waals surface area contributed by atoms with Gasteiger partial charge in [-0.15, -0.1) is 13.2 Å². The fraction of sp³-hybridized carbons (Fsp3) is 0.154. The number of aromatic nitrogens is 1. The van der Waals surface area contributed by atoms with E-state index in [9.17, 15) is 26.7 Å². The second kappa shape index (κ2) is 5.48. The Labute approximate surface area is 123 Å². The lowest BCUT2D eigenvalue weighted by Gasteiger charge is -2.11. The molecule has 5 nitrogen and oxygen atoms in total. The van der Waals surface area contributed by atoms with Gasteiger partial charge in [-0.3, -0.25) is 4.98 Å². The Balaban J connectivity index is 2.39. The van der Waals surface area contributed by atoms with Crippen molar-refractivity contribution in [3.8, 4) is 22.8 Å². The molecule has 0 fully saturated rings. The molecule has 9 heteroatoms. The van der Waals surface area contributed by atoms with Gasteiger partial charge in [0.2, 0.25) is 0 Å². The molecule has 1 heterocycles. The predicted molar refractivity (Wildman–Crippen MR) is 71.1 cm³/mol. The Bertz CT molecular complexity index is 786. The molecule has 1 aromatic carbocycles. The van der Waals surface area contributed by atoms with Gasteiger partial charge in [-0.05, 0) is 30.3 Å².